The number of hydrogen-bond donors (Lipinski definition) is 0. The molecule has 0 amide bonds. The smallest absolute Gasteiger partial charge is 0.292 e. The molecule has 0 aromatic heterocycles. The summed E-state index contributed by atoms with van der Waals surface area (Å²) >= 11 is 0. The molecule has 1 aliphatic rings. The Morgan fingerprint density at radius 1 is 1.33 bits per heavy atom. The van der Waals surface area contributed by atoms with E-state index in [0.29, 0.717) is 5.92 Å². The fourth-order valence-corrected chi connectivity index (χ4v) is 2.44. The third-order valence-electron chi connectivity index (χ3n) is 3.25. The molecule has 2 heteroatoms. The van der Waals surface area contributed by atoms with Crippen LogP contribution < -0.4 is 0 Å². The highest BCUT2D eigenvalue weighted by atomic mass is 15.1. The molecule has 0 aliphatic carbocycles. The van der Waals surface area contributed by atoms with Crippen molar-refractivity contribution < 1.29 is 0 Å². The third-order valence-corrected chi connectivity index (χ3v) is 3.25. The van der Waals surface area contributed by atoms with Gasteiger partial charge in [0.2, 0.25) is 0 Å². The molecule has 1 aromatic rings. The summed E-state index contributed by atoms with van der Waals surface area (Å²) in [7, 11) is 2.12. The summed E-state index contributed by atoms with van der Waals surface area (Å²) in [6.07, 6.45) is 0. The number of likely N-dealkylation sites (tertiary alicyclic amines) is 1. The van der Waals surface area contributed by atoms with Crippen molar-refractivity contribution in [2.24, 2.45) is 0 Å². The average Bonchev–Trinajstić information content (AvgIpc) is 2.60. The predicted octanol–water partition coefficient (Wildman–Crippen LogP) is 2.36. The van der Waals surface area contributed by atoms with E-state index in [2.05, 4.69) is 48.0 Å². The van der Waals surface area contributed by atoms with E-state index in [1.54, 1.807) is 0 Å². The first-order chi connectivity index (χ1) is 7.22. The fourth-order valence-electron chi connectivity index (χ4n) is 2.44. The minimum atomic E-state index is 0.246. The Bertz CT molecular complexity index is 392. The minimum absolute atomic E-state index is 0.246. The lowest BCUT2D eigenvalue weighted by atomic mass is 9.91. The number of aryl methyl sites for hydroxylation is 1. The first-order valence-electron chi connectivity index (χ1n) is 5.36. The number of benzene rings is 1. The summed E-state index contributed by atoms with van der Waals surface area (Å²) in [4.78, 5) is 6.28. The predicted molar refractivity (Wildman–Crippen MR) is 63.5 cm³/mol. The third kappa shape index (κ3) is 1.88. The zero-order valence-corrected chi connectivity index (χ0v) is 9.35. The standard InChI is InChI=1S/C13H17N2/c1-10-6-4-5-7-11(10)12-8-15(3)9-13(12)14-2/h2,4-7,12-13H,8-9H2,1,3H3/q+1. The fraction of sp³-hybridized carbons (Fsp3) is 0.462. The van der Waals surface area contributed by atoms with Gasteiger partial charge in [0.05, 0.1) is 12.5 Å². The van der Waals surface area contributed by atoms with E-state index in [4.69, 9.17) is 6.57 Å². The van der Waals surface area contributed by atoms with Gasteiger partial charge in [0.25, 0.3) is 12.6 Å². The lowest BCUT2D eigenvalue weighted by Gasteiger charge is -2.11. The van der Waals surface area contributed by atoms with Gasteiger partial charge in [-0.05, 0) is 25.1 Å². The Morgan fingerprint density at radius 3 is 2.73 bits per heavy atom. The van der Waals surface area contributed by atoms with Gasteiger partial charge in [0.1, 0.15) is 0 Å². The van der Waals surface area contributed by atoms with Gasteiger partial charge in [0.15, 0.2) is 0 Å². The van der Waals surface area contributed by atoms with Crippen LogP contribution in [0.1, 0.15) is 17.0 Å². The zero-order valence-electron chi connectivity index (χ0n) is 9.35. The van der Waals surface area contributed by atoms with Gasteiger partial charge in [-0.3, -0.25) is 4.90 Å². The molecule has 0 radical (unpaired) electrons. The maximum absolute atomic E-state index is 5.47. The number of hydrogen-bond acceptors (Lipinski definition) is 1. The normalized spacial score (nSPS) is 26.5. The molecule has 0 saturated carbocycles. The van der Waals surface area contributed by atoms with Crippen molar-refractivity contribution in [2.75, 3.05) is 20.1 Å². The second-order valence-corrected chi connectivity index (χ2v) is 4.40. The van der Waals surface area contributed by atoms with E-state index in [1.807, 2.05) is 0 Å². The van der Waals surface area contributed by atoms with Crippen LogP contribution in [0.15, 0.2) is 24.3 Å². The highest BCUT2D eigenvalue weighted by Gasteiger charge is 2.39. The van der Waals surface area contributed by atoms with Gasteiger partial charge in [-0.2, -0.15) is 0 Å². The van der Waals surface area contributed by atoms with Crippen molar-refractivity contribution >= 4 is 0 Å². The molecule has 1 aliphatic heterocycles. The van der Waals surface area contributed by atoms with E-state index in [-0.39, 0.29) is 6.04 Å². The molecule has 2 unspecified atom stereocenters. The van der Waals surface area contributed by atoms with Gasteiger partial charge >= 0.3 is 0 Å². The number of nitrogens with zero attached hydrogens (tertiary/aromatic N) is 2. The van der Waals surface area contributed by atoms with E-state index < -0.39 is 0 Å². The van der Waals surface area contributed by atoms with Gasteiger partial charge < -0.3 is 0 Å². The molecule has 2 atom stereocenters. The van der Waals surface area contributed by atoms with Crippen LogP contribution in [0, 0.1) is 13.5 Å². The summed E-state index contributed by atoms with van der Waals surface area (Å²) < 4.78 is 0. The Morgan fingerprint density at radius 2 is 2.07 bits per heavy atom. The van der Waals surface area contributed by atoms with E-state index in [9.17, 15) is 0 Å². The largest absolute Gasteiger partial charge is 0.298 e. The Hall–Kier alpha value is -1.33. The SMILES string of the molecule is C#[N+]C1CN(C)CC1c1ccccc1C. The molecule has 0 bridgehead atoms. The van der Waals surface area contributed by atoms with Crippen molar-refractivity contribution in [3.8, 4) is 6.57 Å². The summed E-state index contributed by atoms with van der Waals surface area (Å²) in [5.74, 6) is 0.459. The molecule has 1 heterocycles. The van der Waals surface area contributed by atoms with Crippen molar-refractivity contribution in [2.45, 2.75) is 18.9 Å². The Labute approximate surface area is 91.3 Å². The van der Waals surface area contributed by atoms with E-state index in [1.165, 1.54) is 11.1 Å². The molecule has 0 N–H and O–H groups in total. The molecule has 1 fully saturated rings. The quantitative estimate of drug-likeness (QED) is 0.677. The maximum atomic E-state index is 5.47. The van der Waals surface area contributed by atoms with Crippen LogP contribution in [0.25, 0.3) is 4.85 Å². The molecule has 78 valence electrons. The minimum Gasteiger partial charge on any atom is -0.298 e. The number of likely N-dealkylation sites (N-methyl/N-ethyl adjacent to an activating group) is 1. The topological polar surface area (TPSA) is 7.60 Å². The summed E-state index contributed by atoms with van der Waals surface area (Å²) in [6.45, 7) is 9.65. The molecule has 1 aromatic carbocycles. The second kappa shape index (κ2) is 4.04. The van der Waals surface area contributed by atoms with Crippen molar-refractivity contribution in [1.29, 1.82) is 0 Å². The molecule has 2 rings (SSSR count). The second-order valence-electron chi connectivity index (χ2n) is 4.40. The first kappa shape index (κ1) is 10.2. The zero-order chi connectivity index (χ0) is 10.8. The molecule has 1 saturated heterocycles. The molecular weight excluding hydrogens is 184 g/mol. The highest BCUT2D eigenvalue weighted by molar-refractivity contribution is 5.32. The Kier molecular flexibility index (Phi) is 2.75. The van der Waals surface area contributed by atoms with Crippen LogP contribution in [-0.2, 0) is 0 Å². The lowest BCUT2D eigenvalue weighted by Crippen LogP contribution is -2.14. The van der Waals surface area contributed by atoms with Crippen LogP contribution in [-0.4, -0.2) is 31.1 Å². The first-order valence-corrected chi connectivity index (χ1v) is 5.36. The highest BCUT2D eigenvalue weighted by Crippen LogP contribution is 2.30. The van der Waals surface area contributed by atoms with Gasteiger partial charge in [-0.15, -0.1) is 0 Å². The van der Waals surface area contributed by atoms with Crippen LogP contribution in [0.2, 0.25) is 0 Å². The molecule has 15 heavy (non-hydrogen) atoms. The Balaban J connectivity index is 2.32. The molecular formula is C13H17N2+. The summed E-state index contributed by atoms with van der Waals surface area (Å²) in [6, 6.07) is 8.76. The van der Waals surface area contributed by atoms with Gasteiger partial charge in [0, 0.05) is 6.54 Å². The van der Waals surface area contributed by atoms with E-state index >= 15 is 0 Å². The van der Waals surface area contributed by atoms with Crippen molar-refractivity contribution in [3.63, 3.8) is 0 Å². The molecule has 0 spiro atoms. The lowest BCUT2D eigenvalue weighted by molar-refractivity contribution is 0.410. The summed E-state index contributed by atoms with van der Waals surface area (Å²) in [5.41, 5.74) is 2.73. The van der Waals surface area contributed by atoms with Crippen LogP contribution in [0.5, 0.6) is 0 Å². The van der Waals surface area contributed by atoms with Gasteiger partial charge in [-0.25, -0.2) is 0 Å². The maximum Gasteiger partial charge on any atom is 0.292 e. The number of rotatable bonds is 1. The monoisotopic (exact) mass is 201 g/mol. The van der Waals surface area contributed by atoms with Crippen LogP contribution in [0.4, 0.5) is 0 Å². The van der Waals surface area contributed by atoms with Crippen LogP contribution >= 0.6 is 0 Å². The molecule has 2 nitrogen and oxygen atoms in total. The van der Waals surface area contributed by atoms with E-state index in [0.717, 1.165) is 13.1 Å². The average molecular weight is 201 g/mol. The summed E-state index contributed by atoms with van der Waals surface area (Å²) in [5, 5.41) is 0. The van der Waals surface area contributed by atoms with Crippen molar-refractivity contribution in [1.82, 2.24) is 4.90 Å². The van der Waals surface area contributed by atoms with Crippen LogP contribution in [0.3, 0.4) is 0 Å². The van der Waals surface area contributed by atoms with Crippen molar-refractivity contribution in [3.05, 3.63) is 40.2 Å². The van der Waals surface area contributed by atoms with Gasteiger partial charge in [-0.1, -0.05) is 29.1 Å².